The third-order valence-corrected chi connectivity index (χ3v) is 5.61. The van der Waals surface area contributed by atoms with Gasteiger partial charge in [0.05, 0.1) is 12.6 Å². The molecule has 1 saturated heterocycles. The molecule has 3 heterocycles. The molecule has 2 atom stereocenters. The number of rotatable bonds is 4. The highest BCUT2D eigenvalue weighted by atomic mass is 16.5. The first-order chi connectivity index (χ1) is 14.5. The zero-order valence-corrected chi connectivity index (χ0v) is 17.4. The topological polar surface area (TPSA) is 71.5 Å². The summed E-state index contributed by atoms with van der Waals surface area (Å²) in [6.45, 7) is 9.11. The van der Waals surface area contributed by atoms with Gasteiger partial charge in [-0.15, -0.1) is 0 Å². The smallest absolute Gasteiger partial charge is 0.246 e. The Bertz CT molecular complexity index is 1080. The Kier molecular flexibility index (Phi) is 5.35. The quantitative estimate of drug-likeness (QED) is 0.623. The van der Waals surface area contributed by atoms with E-state index in [0.717, 1.165) is 27.8 Å². The number of pyridine rings is 1. The molecule has 1 aromatic carbocycles. The van der Waals surface area contributed by atoms with E-state index in [9.17, 15) is 4.79 Å². The van der Waals surface area contributed by atoms with E-state index >= 15 is 0 Å². The van der Waals surface area contributed by atoms with E-state index in [1.807, 2.05) is 29.2 Å². The lowest BCUT2D eigenvalue weighted by Crippen LogP contribution is -2.58. The van der Waals surface area contributed by atoms with Crippen molar-refractivity contribution in [1.29, 1.82) is 0 Å². The molecule has 154 valence electrons. The van der Waals surface area contributed by atoms with Gasteiger partial charge in [0.15, 0.2) is 0 Å². The number of anilines is 1. The summed E-state index contributed by atoms with van der Waals surface area (Å²) in [5.74, 6) is 1.43. The fraction of sp³-hybridized carbons (Fsp3) is 0.304. The van der Waals surface area contributed by atoms with E-state index in [0.29, 0.717) is 19.0 Å². The molecule has 0 aliphatic carbocycles. The number of fused-ring (bicyclic) bond motifs is 1. The van der Waals surface area contributed by atoms with Crippen LogP contribution in [0, 0.1) is 0 Å². The van der Waals surface area contributed by atoms with Crippen LogP contribution in [0.25, 0.3) is 22.0 Å². The number of benzene rings is 1. The molecule has 2 aromatic heterocycles. The Balaban J connectivity index is 1.72. The Morgan fingerprint density at radius 1 is 1.10 bits per heavy atom. The van der Waals surface area contributed by atoms with Crippen LogP contribution in [0.2, 0.25) is 0 Å². The number of nitrogens with zero attached hydrogens (tertiary/aromatic N) is 5. The largest absolute Gasteiger partial charge is 0.481 e. The summed E-state index contributed by atoms with van der Waals surface area (Å²) in [5, 5.41) is 0.980. The van der Waals surface area contributed by atoms with Crippen LogP contribution >= 0.6 is 0 Å². The summed E-state index contributed by atoms with van der Waals surface area (Å²) >= 11 is 0. The average molecular weight is 403 g/mol. The maximum Gasteiger partial charge on any atom is 0.246 e. The molecule has 4 rings (SSSR count). The highest BCUT2D eigenvalue weighted by Crippen LogP contribution is 2.31. The lowest BCUT2D eigenvalue weighted by molar-refractivity contribution is -0.128. The lowest BCUT2D eigenvalue weighted by atomic mass is 10.0. The average Bonchev–Trinajstić information content (AvgIpc) is 2.79. The number of methoxy groups -OCH3 is 1. The van der Waals surface area contributed by atoms with Crippen LogP contribution in [-0.2, 0) is 4.79 Å². The lowest BCUT2D eigenvalue weighted by Gasteiger charge is -2.44. The maximum absolute atomic E-state index is 12.2. The molecule has 1 aliphatic heterocycles. The van der Waals surface area contributed by atoms with Gasteiger partial charge in [-0.3, -0.25) is 4.79 Å². The second kappa shape index (κ2) is 8.10. The summed E-state index contributed by atoms with van der Waals surface area (Å²) in [6, 6.07) is 10.2. The molecule has 0 radical (unpaired) electrons. The van der Waals surface area contributed by atoms with E-state index in [1.165, 1.54) is 6.08 Å². The van der Waals surface area contributed by atoms with Crippen LogP contribution in [0.3, 0.4) is 0 Å². The van der Waals surface area contributed by atoms with Crippen LogP contribution in [-0.4, -0.2) is 58.0 Å². The number of piperazine rings is 1. The van der Waals surface area contributed by atoms with Crippen LogP contribution < -0.4 is 9.64 Å². The standard InChI is InChI=1S/C23H25N5O2/c1-5-22(29)27-12-16(3)28(13-15(27)2)23-19-10-17(6-8-20(19)25-14-26-23)18-7-9-21(30-4)24-11-18/h5-11,14-16H,1,12-13H2,2-4H3/t15-,16+/m1/s1. The van der Waals surface area contributed by atoms with Crippen molar-refractivity contribution in [2.75, 3.05) is 25.1 Å². The predicted molar refractivity (Wildman–Crippen MR) is 118 cm³/mol. The molecule has 1 amide bonds. The summed E-state index contributed by atoms with van der Waals surface area (Å²) in [6.07, 6.45) is 4.78. The molecule has 3 aromatic rings. The summed E-state index contributed by atoms with van der Waals surface area (Å²) < 4.78 is 5.16. The molecule has 7 nitrogen and oxygen atoms in total. The summed E-state index contributed by atoms with van der Waals surface area (Å²) in [7, 11) is 1.60. The van der Waals surface area contributed by atoms with E-state index in [1.54, 1.807) is 19.6 Å². The van der Waals surface area contributed by atoms with Crippen molar-refractivity contribution in [2.45, 2.75) is 25.9 Å². The number of carbonyl (C=O) groups excluding carboxylic acids is 1. The number of amides is 1. The molecule has 1 fully saturated rings. The van der Waals surface area contributed by atoms with Gasteiger partial charge in [0.25, 0.3) is 0 Å². The molecule has 0 unspecified atom stereocenters. The first-order valence-electron chi connectivity index (χ1n) is 9.96. The van der Waals surface area contributed by atoms with Crippen LogP contribution in [0.15, 0.2) is 55.5 Å². The van der Waals surface area contributed by atoms with E-state index in [4.69, 9.17) is 4.74 Å². The predicted octanol–water partition coefficient (Wildman–Crippen LogP) is 3.31. The molecule has 0 N–H and O–H groups in total. The van der Waals surface area contributed by atoms with E-state index in [2.05, 4.69) is 46.3 Å². The van der Waals surface area contributed by atoms with Crippen molar-refractivity contribution in [1.82, 2.24) is 19.9 Å². The van der Waals surface area contributed by atoms with Gasteiger partial charge in [-0.25, -0.2) is 15.0 Å². The fourth-order valence-electron chi connectivity index (χ4n) is 3.97. The maximum atomic E-state index is 12.2. The van der Waals surface area contributed by atoms with Gasteiger partial charge in [-0.1, -0.05) is 12.6 Å². The zero-order chi connectivity index (χ0) is 21.3. The normalized spacial score (nSPS) is 19.0. The third kappa shape index (κ3) is 3.58. The number of carbonyl (C=O) groups is 1. The Morgan fingerprint density at radius 3 is 2.60 bits per heavy atom. The van der Waals surface area contributed by atoms with Crippen molar-refractivity contribution >= 4 is 22.6 Å². The minimum atomic E-state index is -0.0316. The number of ether oxygens (including phenoxy) is 1. The van der Waals surface area contributed by atoms with Crippen molar-refractivity contribution < 1.29 is 9.53 Å². The zero-order valence-electron chi connectivity index (χ0n) is 17.4. The van der Waals surface area contributed by atoms with Crippen molar-refractivity contribution in [2.24, 2.45) is 0 Å². The van der Waals surface area contributed by atoms with Gasteiger partial charge in [-0.2, -0.15) is 0 Å². The van der Waals surface area contributed by atoms with Gasteiger partial charge >= 0.3 is 0 Å². The second-order valence-corrected chi connectivity index (χ2v) is 7.56. The first-order valence-corrected chi connectivity index (χ1v) is 9.96. The van der Waals surface area contributed by atoms with E-state index < -0.39 is 0 Å². The first kappa shape index (κ1) is 19.8. The number of hydrogen-bond acceptors (Lipinski definition) is 6. The molecule has 0 spiro atoms. The Hall–Kier alpha value is -3.48. The Labute approximate surface area is 176 Å². The highest BCUT2D eigenvalue weighted by molar-refractivity contribution is 5.93. The van der Waals surface area contributed by atoms with Gasteiger partial charge in [0.1, 0.15) is 12.1 Å². The molecular weight excluding hydrogens is 378 g/mol. The molecule has 0 bridgehead atoms. The van der Waals surface area contributed by atoms with Gasteiger partial charge in [0.2, 0.25) is 11.8 Å². The van der Waals surface area contributed by atoms with Crippen molar-refractivity contribution in [3.8, 4) is 17.0 Å². The molecule has 7 heteroatoms. The molecule has 30 heavy (non-hydrogen) atoms. The van der Waals surface area contributed by atoms with Crippen molar-refractivity contribution in [3.05, 3.63) is 55.5 Å². The van der Waals surface area contributed by atoms with Crippen LogP contribution in [0.5, 0.6) is 5.88 Å². The minimum absolute atomic E-state index is 0.0316. The highest BCUT2D eigenvalue weighted by Gasteiger charge is 2.32. The summed E-state index contributed by atoms with van der Waals surface area (Å²) in [4.78, 5) is 29.7. The van der Waals surface area contributed by atoms with Gasteiger partial charge in [-0.05, 0) is 43.7 Å². The summed E-state index contributed by atoms with van der Waals surface area (Å²) in [5.41, 5.74) is 2.92. The fourth-order valence-corrected chi connectivity index (χ4v) is 3.97. The van der Waals surface area contributed by atoms with Crippen LogP contribution in [0.4, 0.5) is 5.82 Å². The van der Waals surface area contributed by atoms with Crippen molar-refractivity contribution in [3.63, 3.8) is 0 Å². The number of hydrogen-bond donors (Lipinski definition) is 0. The van der Waals surface area contributed by atoms with Gasteiger partial charge in [0, 0.05) is 48.4 Å². The second-order valence-electron chi connectivity index (χ2n) is 7.56. The molecule has 0 saturated carbocycles. The molecular formula is C23H25N5O2. The Morgan fingerprint density at radius 2 is 1.90 bits per heavy atom. The van der Waals surface area contributed by atoms with Crippen LogP contribution in [0.1, 0.15) is 13.8 Å². The minimum Gasteiger partial charge on any atom is -0.481 e. The molecule has 1 aliphatic rings. The third-order valence-electron chi connectivity index (χ3n) is 5.61. The SMILES string of the molecule is C=CC(=O)N1C[C@H](C)N(c2ncnc3ccc(-c4ccc(OC)nc4)cc23)C[C@H]1C. The number of aromatic nitrogens is 3. The monoisotopic (exact) mass is 403 g/mol. The van der Waals surface area contributed by atoms with Gasteiger partial charge < -0.3 is 14.5 Å². The van der Waals surface area contributed by atoms with E-state index in [-0.39, 0.29) is 18.0 Å².